The first-order valence-electron chi connectivity index (χ1n) is 9.39. The van der Waals surface area contributed by atoms with Gasteiger partial charge in [-0.3, -0.25) is 4.90 Å². The Bertz CT molecular complexity index is 668. The van der Waals surface area contributed by atoms with Crippen molar-refractivity contribution in [2.24, 2.45) is 0 Å². The van der Waals surface area contributed by atoms with Crippen LogP contribution < -0.4 is 0 Å². The summed E-state index contributed by atoms with van der Waals surface area (Å²) < 4.78 is 8.61. The van der Waals surface area contributed by atoms with E-state index in [0.717, 1.165) is 39.1 Å². The predicted molar refractivity (Wildman–Crippen MR) is 96.1 cm³/mol. The van der Waals surface area contributed by atoms with Crippen molar-refractivity contribution in [1.29, 1.82) is 0 Å². The van der Waals surface area contributed by atoms with E-state index in [0.29, 0.717) is 12.1 Å². The zero-order valence-electron chi connectivity index (χ0n) is 14.3. The Morgan fingerprint density at radius 1 is 1.08 bits per heavy atom. The Balaban J connectivity index is 1.35. The summed E-state index contributed by atoms with van der Waals surface area (Å²) in [6.45, 7) is 3.51. The first-order valence-corrected chi connectivity index (χ1v) is 9.39. The van der Waals surface area contributed by atoms with Crippen LogP contribution in [0.25, 0.3) is 10.9 Å². The van der Waals surface area contributed by atoms with E-state index in [-0.39, 0.29) is 6.10 Å². The molecule has 130 valence electrons. The number of hydrogen-bond donors (Lipinski definition) is 1. The average molecular weight is 328 g/mol. The Hall–Kier alpha value is -1.36. The quantitative estimate of drug-likeness (QED) is 0.917. The number of β-amino-alcohol motifs (C(OH)–C–C–N with tert-alkyl or cyclic N) is 1. The van der Waals surface area contributed by atoms with E-state index in [1.54, 1.807) is 0 Å². The van der Waals surface area contributed by atoms with Gasteiger partial charge in [0.05, 0.1) is 18.8 Å². The number of rotatable bonds is 5. The number of aliphatic hydroxyl groups excluding tert-OH is 1. The van der Waals surface area contributed by atoms with Crippen LogP contribution in [0.3, 0.4) is 0 Å². The third-order valence-electron chi connectivity index (χ3n) is 5.68. The third kappa shape index (κ3) is 3.37. The van der Waals surface area contributed by atoms with Gasteiger partial charge in [0, 0.05) is 37.4 Å². The predicted octanol–water partition coefficient (Wildman–Crippen LogP) is 3.04. The van der Waals surface area contributed by atoms with Gasteiger partial charge in [0.25, 0.3) is 0 Å². The van der Waals surface area contributed by atoms with Gasteiger partial charge in [-0.1, -0.05) is 31.0 Å². The highest BCUT2D eigenvalue weighted by Crippen LogP contribution is 2.28. The molecule has 24 heavy (non-hydrogen) atoms. The minimum atomic E-state index is -0.140. The molecule has 4 rings (SSSR count). The Morgan fingerprint density at radius 2 is 1.96 bits per heavy atom. The second-order valence-corrected chi connectivity index (χ2v) is 7.27. The first-order chi connectivity index (χ1) is 11.8. The highest BCUT2D eigenvalue weighted by atomic mass is 16.5. The van der Waals surface area contributed by atoms with E-state index in [4.69, 9.17) is 4.74 Å². The zero-order chi connectivity index (χ0) is 16.4. The molecule has 0 bridgehead atoms. The molecule has 0 spiro atoms. The maximum absolute atomic E-state index is 9.83. The molecule has 2 aromatic rings. The average Bonchev–Trinajstić information content (AvgIpc) is 3.22. The number of hydrogen-bond acceptors (Lipinski definition) is 3. The third-order valence-corrected chi connectivity index (χ3v) is 5.68. The molecule has 4 heteroatoms. The number of ether oxygens (including phenoxy) is 1. The number of aromatic nitrogens is 1. The Kier molecular flexibility index (Phi) is 4.88. The van der Waals surface area contributed by atoms with Crippen molar-refractivity contribution < 1.29 is 9.84 Å². The van der Waals surface area contributed by atoms with Crippen molar-refractivity contribution in [3.8, 4) is 0 Å². The summed E-state index contributed by atoms with van der Waals surface area (Å²) >= 11 is 0. The van der Waals surface area contributed by atoms with Gasteiger partial charge in [-0.05, 0) is 36.8 Å². The summed E-state index contributed by atoms with van der Waals surface area (Å²) in [6, 6.07) is 11.2. The van der Waals surface area contributed by atoms with Crippen LogP contribution in [0.15, 0.2) is 36.5 Å². The van der Waals surface area contributed by atoms with Gasteiger partial charge in [0.1, 0.15) is 0 Å². The summed E-state index contributed by atoms with van der Waals surface area (Å²) in [6.07, 6.45) is 8.18. The lowest BCUT2D eigenvalue weighted by Crippen LogP contribution is -2.46. The normalized spacial score (nSPS) is 28.6. The number of likely N-dealkylation sites (tertiary alicyclic amines) is 1. The number of fused-ring (bicyclic) bond motifs is 1. The molecule has 2 aliphatic rings. The summed E-state index contributed by atoms with van der Waals surface area (Å²) in [5.41, 5.74) is 1.28. The van der Waals surface area contributed by atoms with Crippen LogP contribution in [-0.4, -0.2) is 52.5 Å². The number of aliphatic hydroxyl groups is 1. The summed E-state index contributed by atoms with van der Waals surface area (Å²) in [7, 11) is 0. The van der Waals surface area contributed by atoms with Gasteiger partial charge < -0.3 is 14.4 Å². The fourth-order valence-electron chi connectivity index (χ4n) is 4.40. The van der Waals surface area contributed by atoms with Gasteiger partial charge in [-0.25, -0.2) is 0 Å². The van der Waals surface area contributed by atoms with Crippen LogP contribution in [-0.2, 0) is 11.3 Å². The van der Waals surface area contributed by atoms with E-state index >= 15 is 0 Å². The smallest absolute Gasteiger partial charge is 0.0731 e. The minimum absolute atomic E-state index is 0.140. The molecular formula is C20H28N2O2. The van der Waals surface area contributed by atoms with Crippen LogP contribution in [0.1, 0.15) is 32.1 Å². The van der Waals surface area contributed by atoms with Gasteiger partial charge in [-0.2, -0.15) is 0 Å². The van der Waals surface area contributed by atoms with E-state index < -0.39 is 0 Å². The van der Waals surface area contributed by atoms with Gasteiger partial charge in [0.2, 0.25) is 0 Å². The molecular weight excluding hydrogens is 300 g/mol. The van der Waals surface area contributed by atoms with Crippen LogP contribution in [0.2, 0.25) is 0 Å². The Morgan fingerprint density at radius 3 is 2.83 bits per heavy atom. The van der Waals surface area contributed by atoms with Crippen molar-refractivity contribution in [3.63, 3.8) is 0 Å². The van der Waals surface area contributed by atoms with E-state index in [2.05, 4.69) is 46.0 Å². The SMILES string of the molecule is O[C@H]1CCN(C2CCCCC2OCCn2ccc3ccccc32)C1. The van der Waals surface area contributed by atoms with Crippen molar-refractivity contribution in [2.45, 2.75) is 56.9 Å². The highest BCUT2D eigenvalue weighted by Gasteiger charge is 2.34. The van der Waals surface area contributed by atoms with E-state index in [1.807, 2.05) is 0 Å². The lowest BCUT2D eigenvalue weighted by molar-refractivity contribution is -0.0350. The molecule has 1 aliphatic carbocycles. The molecule has 0 amide bonds. The fraction of sp³-hybridized carbons (Fsp3) is 0.600. The second kappa shape index (κ2) is 7.26. The number of nitrogens with zero attached hydrogens (tertiary/aromatic N) is 2. The first kappa shape index (κ1) is 16.1. The summed E-state index contributed by atoms with van der Waals surface area (Å²) in [5, 5.41) is 11.1. The molecule has 0 radical (unpaired) electrons. The van der Waals surface area contributed by atoms with Gasteiger partial charge >= 0.3 is 0 Å². The largest absolute Gasteiger partial charge is 0.392 e. The topological polar surface area (TPSA) is 37.6 Å². The second-order valence-electron chi connectivity index (χ2n) is 7.27. The van der Waals surface area contributed by atoms with Crippen molar-refractivity contribution >= 4 is 10.9 Å². The van der Waals surface area contributed by atoms with Crippen molar-refractivity contribution in [3.05, 3.63) is 36.5 Å². The molecule has 1 aromatic heterocycles. The number of para-hydroxylation sites is 1. The van der Waals surface area contributed by atoms with Crippen LogP contribution in [0.4, 0.5) is 0 Å². The maximum Gasteiger partial charge on any atom is 0.0731 e. The summed E-state index contributed by atoms with van der Waals surface area (Å²) in [4.78, 5) is 2.46. The molecule has 3 atom stereocenters. The van der Waals surface area contributed by atoms with Gasteiger partial charge in [0.15, 0.2) is 0 Å². The highest BCUT2D eigenvalue weighted by molar-refractivity contribution is 5.79. The van der Waals surface area contributed by atoms with Crippen LogP contribution in [0, 0.1) is 0 Å². The molecule has 1 N–H and O–H groups in total. The standard InChI is InChI=1S/C20H28N2O2/c23-17-10-12-22(15-17)19-7-3-4-8-20(19)24-14-13-21-11-9-16-5-1-2-6-18(16)21/h1-2,5-6,9,11,17,19-20,23H,3-4,7-8,10,12-15H2/t17-,19?,20?/m0/s1. The number of benzene rings is 1. The zero-order valence-corrected chi connectivity index (χ0v) is 14.3. The van der Waals surface area contributed by atoms with E-state index in [9.17, 15) is 5.11 Å². The molecule has 2 heterocycles. The van der Waals surface area contributed by atoms with Crippen LogP contribution in [0.5, 0.6) is 0 Å². The van der Waals surface area contributed by atoms with Crippen LogP contribution >= 0.6 is 0 Å². The minimum Gasteiger partial charge on any atom is -0.392 e. The molecule has 1 saturated carbocycles. The molecule has 1 saturated heterocycles. The lowest BCUT2D eigenvalue weighted by Gasteiger charge is -2.37. The molecule has 1 aromatic carbocycles. The monoisotopic (exact) mass is 328 g/mol. The summed E-state index contributed by atoms with van der Waals surface area (Å²) in [5.74, 6) is 0. The fourth-order valence-corrected chi connectivity index (χ4v) is 4.40. The van der Waals surface area contributed by atoms with Crippen molar-refractivity contribution in [2.75, 3.05) is 19.7 Å². The molecule has 1 aliphatic heterocycles. The maximum atomic E-state index is 9.83. The Labute approximate surface area is 144 Å². The van der Waals surface area contributed by atoms with E-state index in [1.165, 1.54) is 30.2 Å². The molecule has 2 fully saturated rings. The molecule has 4 nitrogen and oxygen atoms in total. The lowest BCUT2D eigenvalue weighted by atomic mass is 9.91. The van der Waals surface area contributed by atoms with Crippen molar-refractivity contribution in [1.82, 2.24) is 9.47 Å². The van der Waals surface area contributed by atoms with Gasteiger partial charge in [-0.15, -0.1) is 0 Å². The molecule has 2 unspecified atom stereocenters.